The molecule has 0 saturated carbocycles. The number of hydrogen-bond acceptors (Lipinski definition) is 5. The van der Waals surface area contributed by atoms with E-state index in [-0.39, 0.29) is 23.1 Å². The molecule has 1 N–H and O–H groups in total. The number of amides is 2. The van der Waals surface area contributed by atoms with Crippen LogP contribution in [0, 0.1) is 13.8 Å². The molecule has 0 aliphatic carbocycles. The van der Waals surface area contributed by atoms with Crippen LogP contribution in [0.15, 0.2) is 23.1 Å². The van der Waals surface area contributed by atoms with Crippen molar-refractivity contribution < 1.29 is 18.0 Å². The molecule has 1 aromatic heterocycles. The molecule has 1 unspecified atom stereocenters. The van der Waals surface area contributed by atoms with Crippen LogP contribution in [0.4, 0.5) is 5.69 Å². The number of aromatic nitrogens is 2. The Bertz CT molecular complexity index is 1210. The predicted octanol–water partition coefficient (Wildman–Crippen LogP) is 1.94. The molecule has 2 aliphatic heterocycles. The van der Waals surface area contributed by atoms with Gasteiger partial charge in [-0.3, -0.25) is 19.2 Å². The lowest BCUT2D eigenvalue weighted by atomic mass is 10.1. The van der Waals surface area contributed by atoms with Crippen molar-refractivity contribution in [2.75, 3.05) is 24.5 Å². The number of benzene rings is 1. The Balaban J connectivity index is 1.49. The van der Waals surface area contributed by atoms with Gasteiger partial charge in [0.05, 0.1) is 10.6 Å². The molecule has 2 aliphatic rings. The lowest BCUT2D eigenvalue weighted by Crippen LogP contribution is -2.47. The number of fused-ring (bicyclic) bond motifs is 1. The Hall–Kier alpha value is -2.72. The van der Waals surface area contributed by atoms with Crippen molar-refractivity contribution in [1.29, 1.82) is 0 Å². The number of carbonyl (C=O) groups excluding carboxylic acids is 2. The van der Waals surface area contributed by atoms with Crippen LogP contribution in [0.25, 0.3) is 0 Å². The first-order valence-electron chi connectivity index (χ1n) is 11.9. The molecule has 10 heteroatoms. The molecular formula is C24H33N5O4S. The highest BCUT2D eigenvalue weighted by molar-refractivity contribution is 7.89. The molecule has 0 radical (unpaired) electrons. The quantitative estimate of drug-likeness (QED) is 0.643. The number of rotatable bonds is 7. The lowest BCUT2D eigenvalue weighted by molar-refractivity contribution is -0.125. The zero-order chi connectivity index (χ0) is 24.6. The van der Waals surface area contributed by atoms with Gasteiger partial charge in [0.15, 0.2) is 0 Å². The average Bonchev–Trinajstić information content (AvgIpc) is 3.52. The number of aryl methyl sites for hydroxylation is 2. The SMILES string of the molecule is CCn1nc(C)c(CCNC(=O)C2Cc3cc(S(=O)(=O)N4CCCC4)ccc3N2C(C)=O)c1C. The molecule has 2 aromatic rings. The van der Waals surface area contributed by atoms with E-state index < -0.39 is 16.1 Å². The fourth-order valence-corrected chi connectivity index (χ4v) is 6.67. The van der Waals surface area contributed by atoms with Crippen molar-refractivity contribution in [3.05, 3.63) is 40.7 Å². The van der Waals surface area contributed by atoms with Gasteiger partial charge in [-0.1, -0.05) is 0 Å². The molecular weight excluding hydrogens is 454 g/mol. The third-order valence-electron chi connectivity index (χ3n) is 6.89. The van der Waals surface area contributed by atoms with E-state index in [2.05, 4.69) is 10.4 Å². The topological polar surface area (TPSA) is 105 Å². The number of nitrogens with one attached hydrogen (secondary N) is 1. The minimum absolute atomic E-state index is 0.219. The number of hydrogen-bond donors (Lipinski definition) is 1. The summed E-state index contributed by atoms with van der Waals surface area (Å²) in [6.07, 6.45) is 2.67. The second-order valence-corrected chi connectivity index (χ2v) is 11.0. The van der Waals surface area contributed by atoms with Crippen LogP contribution in [0.2, 0.25) is 0 Å². The third-order valence-corrected chi connectivity index (χ3v) is 8.78. The minimum atomic E-state index is -3.57. The summed E-state index contributed by atoms with van der Waals surface area (Å²) in [5.74, 6) is -0.487. The summed E-state index contributed by atoms with van der Waals surface area (Å²) in [7, 11) is -3.57. The Morgan fingerprint density at radius 2 is 1.88 bits per heavy atom. The highest BCUT2D eigenvalue weighted by Crippen LogP contribution is 2.35. The van der Waals surface area contributed by atoms with E-state index in [1.165, 1.54) is 16.1 Å². The molecule has 4 rings (SSSR count). The second-order valence-electron chi connectivity index (χ2n) is 9.02. The van der Waals surface area contributed by atoms with Crippen molar-refractivity contribution in [1.82, 2.24) is 19.4 Å². The Labute approximate surface area is 201 Å². The molecule has 0 bridgehead atoms. The maximum absolute atomic E-state index is 13.1. The highest BCUT2D eigenvalue weighted by Gasteiger charge is 2.38. The van der Waals surface area contributed by atoms with Gasteiger partial charge < -0.3 is 5.32 Å². The molecule has 2 amide bonds. The van der Waals surface area contributed by atoms with E-state index in [9.17, 15) is 18.0 Å². The largest absolute Gasteiger partial charge is 0.354 e. The fraction of sp³-hybridized carbons (Fsp3) is 0.542. The standard InChI is InChI=1S/C24H33N5O4S/c1-5-28-17(3)21(16(2)26-28)10-11-25-24(31)23-15-19-14-20(8-9-22(19)29(23)18(4)30)34(32,33)27-12-6-7-13-27/h8-9,14,23H,5-7,10-13,15H2,1-4H3,(H,25,31). The van der Waals surface area contributed by atoms with Gasteiger partial charge in [0.1, 0.15) is 6.04 Å². The molecule has 1 saturated heterocycles. The molecule has 1 atom stereocenters. The van der Waals surface area contributed by atoms with Crippen molar-refractivity contribution in [3.8, 4) is 0 Å². The summed E-state index contributed by atoms with van der Waals surface area (Å²) in [6, 6.07) is 4.12. The van der Waals surface area contributed by atoms with E-state index in [1.807, 2.05) is 25.5 Å². The van der Waals surface area contributed by atoms with Gasteiger partial charge in [-0.25, -0.2) is 8.42 Å². The third kappa shape index (κ3) is 4.36. The van der Waals surface area contributed by atoms with Gasteiger partial charge in [-0.2, -0.15) is 9.40 Å². The lowest BCUT2D eigenvalue weighted by Gasteiger charge is -2.23. The van der Waals surface area contributed by atoms with Gasteiger partial charge in [0.2, 0.25) is 21.8 Å². The van der Waals surface area contributed by atoms with Crippen LogP contribution >= 0.6 is 0 Å². The van der Waals surface area contributed by atoms with Gasteiger partial charge >= 0.3 is 0 Å². The Morgan fingerprint density at radius 3 is 2.50 bits per heavy atom. The average molecular weight is 488 g/mol. The summed E-state index contributed by atoms with van der Waals surface area (Å²) in [6.45, 7) is 9.75. The number of nitrogens with zero attached hydrogens (tertiary/aromatic N) is 4. The van der Waals surface area contributed by atoms with Crippen molar-refractivity contribution in [2.45, 2.75) is 70.9 Å². The van der Waals surface area contributed by atoms with E-state index in [0.717, 1.165) is 36.3 Å². The van der Waals surface area contributed by atoms with E-state index in [1.54, 1.807) is 18.2 Å². The Kier molecular flexibility index (Phi) is 6.82. The minimum Gasteiger partial charge on any atom is -0.354 e. The maximum Gasteiger partial charge on any atom is 0.243 e. The molecule has 0 spiro atoms. The normalized spacial score (nSPS) is 18.4. The van der Waals surface area contributed by atoms with Crippen LogP contribution < -0.4 is 10.2 Å². The maximum atomic E-state index is 13.1. The highest BCUT2D eigenvalue weighted by atomic mass is 32.2. The monoisotopic (exact) mass is 487 g/mol. The van der Waals surface area contributed by atoms with E-state index in [0.29, 0.717) is 37.3 Å². The van der Waals surface area contributed by atoms with Gasteiger partial charge in [-0.05, 0) is 69.4 Å². The smallest absolute Gasteiger partial charge is 0.243 e. The van der Waals surface area contributed by atoms with Gasteiger partial charge in [0, 0.05) is 50.9 Å². The summed E-state index contributed by atoms with van der Waals surface area (Å²) in [5.41, 5.74) is 4.48. The van der Waals surface area contributed by atoms with E-state index >= 15 is 0 Å². The summed E-state index contributed by atoms with van der Waals surface area (Å²) in [4.78, 5) is 27.2. The van der Waals surface area contributed by atoms with Crippen LogP contribution in [-0.4, -0.2) is 60.0 Å². The summed E-state index contributed by atoms with van der Waals surface area (Å²) in [5, 5.41) is 7.49. The van der Waals surface area contributed by atoms with Crippen LogP contribution in [0.3, 0.4) is 0 Å². The van der Waals surface area contributed by atoms with Crippen molar-refractivity contribution >= 4 is 27.5 Å². The predicted molar refractivity (Wildman–Crippen MR) is 129 cm³/mol. The summed E-state index contributed by atoms with van der Waals surface area (Å²) >= 11 is 0. The first-order chi connectivity index (χ1) is 16.1. The van der Waals surface area contributed by atoms with Crippen LogP contribution in [-0.2, 0) is 39.0 Å². The van der Waals surface area contributed by atoms with Crippen molar-refractivity contribution in [2.24, 2.45) is 0 Å². The number of sulfonamides is 1. The zero-order valence-electron chi connectivity index (χ0n) is 20.3. The fourth-order valence-electron chi connectivity index (χ4n) is 5.10. The molecule has 1 fully saturated rings. The molecule has 9 nitrogen and oxygen atoms in total. The zero-order valence-corrected chi connectivity index (χ0v) is 21.1. The first kappa shape index (κ1) is 24.4. The molecule has 1 aromatic carbocycles. The van der Waals surface area contributed by atoms with Crippen molar-refractivity contribution in [3.63, 3.8) is 0 Å². The molecule has 184 valence electrons. The van der Waals surface area contributed by atoms with Crippen LogP contribution in [0.1, 0.15) is 49.2 Å². The van der Waals surface area contributed by atoms with E-state index in [4.69, 9.17) is 0 Å². The number of carbonyl (C=O) groups is 2. The van der Waals surface area contributed by atoms with Gasteiger partial charge in [-0.15, -0.1) is 0 Å². The summed E-state index contributed by atoms with van der Waals surface area (Å²) < 4.78 is 29.4. The van der Waals surface area contributed by atoms with Crippen LogP contribution in [0.5, 0.6) is 0 Å². The van der Waals surface area contributed by atoms with Gasteiger partial charge in [0.25, 0.3) is 0 Å². The Morgan fingerprint density at radius 1 is 1.18 bits per heavy atom. The first-order valence-corrected chi connectivity index (χ1v) is 13.3. The second kappa shape index (κ2) is 9.50. The molecule has 3 heterocycles. The molecule has 34 heavy (non-hydrogen) atoms. The number of anilines is 1.